The summed E-state index contributed by atoms with van der Waals surface area (Å²) in [6, 6.07) is 12.4. The Kier molecular flexibility index (Phi) is 6.05. The second kappa shape index (κ2) is 8.24. The second-order valence-corrected chi connectivity index (χ2v) is 5.07. The molecular formula is C17H18F2N2O2. The van der Waals surface area contributed by atoms with Gasteiger partial charge in [0, 0.05) is 12.6 Å². The molecule has 0 aliphatic heterocycles. The molecule has 23 heavy (non-hydrogen) atoms. The van der Waals surface area contributed by atoms with Gasteiger partial charge in [0.15, 0.2) is 0 Å². The maximum atomic E-state index is 13.5. The van der Waals surface area contributed by atoms with Crippen LogP contribution < -0.4 is 10.1 Å². The third-order valence-electron chi connectivity index (χ3n) is 3.10. The molecule has 0 radical (unpaired) electrons. The molecule has 122 valence electrons. The van der Waals surface area contributed by atoms with Crippen LogP contribution in [0.25, 0.3) is 0 Å². The maximum Gasteiger partial charge on any atom is 0.238 e. The number of hydrogen-bond acceptors (Lipinski definition) is 3. The van der Waals surface area contributed by atoms with E-state index in [0.717, 1.165) is 17.9 Å². The highest BCUT2D eigenvalue weighted by Crippen LogP contribution is 2.14. The van der Waals surface area contributed by atoms with Crippen molar-refractivity contribution in [3.8, 4) is 5.75 Å². The largest absolute Gasteiger partial charge is 0.492 e. The minimum atomic E-state index is -0.798. The van der Waals surface area contributed by atoms with Crippen LogP contribution in [0.4, 0.5) is 14.5 Å². The summed E-state index contributed by atoms with van der Waals surface area (Å²) < 4.78 is 31.8. The number of nitrogens with one attached hydrogen (secondary N) is 1. The fourth-order valence-electron chi connectivity index (χ4n) is 1.94. The number of halogens is 2. The number of benzene rings is 2. The summed E-state index contributed by atoms with van der Waals surface area (Å²) in [7, 11) is 1.76. The van der Waals surface area contributed by atoms with Crippen molar-refractivity contribution in [3.63, 3.8) is 0 Å². The number of rotatable bonds is 7. The van der Waals surface area contributed by atoms with E-state index in [-0.39, 0.29) is 18.1 Å². The Morgan fingerprint density at radius 1 is 1.17 bits per heavy atom. The lowest BCUT2D eigenvalue weighted by atomic mass is 10.3. The molecule has 0 fully saturated rings. The Balaban J connectivity index is 1.74. The molecule has 0 aromatic heterocycles. The Bertz CT molecular complexity index is 650. The summed E-state index contributed by atoms with van der Waals surface area (Å²) in [5.74, 6) is -1.10. The summed E-state index contributed by atoms with van der Waals surface area (Å²) >= 11 is 0. The SMILES string of the molecule is CN(CCOc1ccccc1)CC(=O)Nc1ccc(F)cc1F. The molecule has 0 atom stereocenters. The van der Waals surface area contributed by atoms with Gasteiger partial charge in [-0.2, -0.15) is 0 Å². The molecule has 2 aromatic carbocycles. The molecule has 0 saturated heterocycles. The summed E-state index contributed by atoms with van der Waals surface area (Å²) in [5, 5.41) is 2.41. The van der Waals surface area contributed by atoms with E-state index in [1.165, 1.54) is 6.07 Å². The monoisotopic (exact) mass is 320 g/mol. The number of para-hydroxylation sites is 1. The van der Waals surface area contributed by atoms with Crippen LogP contribution in [0.5, 0.6) is 5.75 Å². The van der Waals surface area contributed by atoms with Crippen LogP contribution in [0.2, 0.25) is 0 Å². The van der Waals surface area contributed by atoms with Crippen LogP contribution >= 0.6 is 0 Å². The van der Waals surface area contributed by atoms with Gasteiger partial charge in [-0.15, -0.1) is 0 Å². The Morgan fingerprint density at radius 2 is 1.91 bits per heavy atom. The molecule has 4 nitrogen and oxygen atoms in total. The van der Waals surface area contributed by atoms with Gasteiger partial charge in [0.05, 0.1) is 12.2 Å². The van der Waals surface area contributed by atoms with Crippen molar-refractivity contribution in [1.29, 1.82) is 0 Å². The van der Waals surface area contributed by atoms with Crippen LogP contribution in [0.1, 0.15) is 0 Å². The highest BCUT2D eigenvalue weighted by molar-refractivity contribution is 5.92. The predicted molar refractivity (Wildman–Crippen MR) is 84.4 cm³/mol. The smallest absolute Gasteiger partial charge is 0.238 e. The number of carbonyl (C=O) groups excluding carboxylic acids is 1. The van der Waals surface area contributed by atoms with E-state index >= 15 is 0 Å². The average molecular weight is 320 g/mol. The fraction of sp³-hybridized carbons (Fsp3) is 0.235. The summed E-state index contributed by atoms with van der Waals surface area (Å²) in [5.41, 5.74) is -0.0367. The molecule has 0 unspecified atom stereocenters. The molecule has 2 aromatic rings. The molecule has 0 spiro atoms. The number of nitrogens with zero attached hydrogens (tertiary/aromatic N) is 1. The van der Waals surface area contributed by atoms with Gasteiger partial charge in [0.1, 0.15) is 24.0 Å². The molecule has 1 amide bonds. The molecule has 1 N–H and O–H groups in total. The van der Waals surface area contributed by atoms with Crippen LogP contribution in [-0.2, 0) is 4.79 Å². The minimum Gasteiger partial charge on any atom is -0.492 e. The van der Waals surface area contributed by atoms with Crippen LogP contribution in [0.15, 0.2) is 48.5 Å². The second-order valence-electron chi connectivity index (χ2n) is 5.07. The van der Waals surface area contributed by atoms with Crippen molar-refractivity contribution in [1.82, 2.24) is 4.90 Å². The van der Waals surface area contributed by atoms with Crippen molar-refractivity contribution in [2.75, 3.05) is 32.1 Å². The van der Waals surface area contributed by atoms with E-state index in [1.54, 1.807) is 11.9 Å². The van der Waals surface area contributed by atoms with E-state index in [2.05, 4.69) is 5.32 Å². The first-order valence-electron chi connectivity index (χ1n) is 7.16. The van der Waals surface area contributed by atoms with E-state index in [1.807, 2.05) is 30.3 Å². The highest BCUT2D eigenvalue weighted by atomic mass is 19.1. The van der Waals surface area contributed by atoms with E-state index < -0.39 is 11.6 Å². The van der Waals surface area contributed by atoms with Gasteiger partial charge in [-0.1, -0.05) is 18.2 Å². The number of hydrogen-bond donors (Lipinski definition) is 1. The fourth-order valence-corrected chi connectivity index (χ4v) is 1.94. The lowest BCUT2D eigenvalue weighted by Gasteiger charge is -2.16. The standard InChI is InChI=1S/C17H18F2N2O2/c1-21(9-10-23-14-5-3-2-4-6-14)12-17(22)20-16-8-7-13(18)11-15(16)19/h2-8,11H,9-10,12H2,1H3,(H,20,22). The van der Waals surface area contributed by atoms with Crippen molar-refractivity contribution in [2.24, 2.45) is 0 Å². The van der Waals surface area contributed by atoms with E-state index in [4.69, 9.17) is 4.74 Å². The summed E-state index contributed by atoms with van der Waals surface area (Å²) in [6.07, 6.45) is 0. The molecule has 0 aliphatic rings. The van der Waals surface area contributed by atoms with Crippen molar-refractivity contribution in [3.05, 3.63) is 60.2 Å². The third kappa shape index (κ3) is 5.67. The molecule has 0 bridgehead atoms. The Hall–Kier alpha value is -2.47. The predicted octanol–water partition coefficient (Wildman–Crippen LogP) is 2.91. The van der Waals surface area contributed by atoms with Crippen LogP contribution in [-0.4, -0.2) is 37.6 Å². The molecule has 0 heterocycles. The normalized spacial score (nSPS) is 10.6. The Morgan fingerprint density at radius 3 is 2.61 bits per heavy atom. The van der Waals surface area contributed by atoms with Gasteiger partial charge < -0.3 is 10.1 Å². The first-order valence-corrected chi connectivity index (χ1v) is 7.16. The van der Waals surface area contributed by atoms with E-state index in [9.17, 15) is 13.6 Å². The molecule has 0 aliphatic carbocycles. The molecule has 2 rings (SSSR count). The summed E-state index contributed by atoms with van der Waals surface area (Å²) in [4.78, 5) is 13.6. The molecule has 6 heteroatoms. The topological polar surface area (TPSA) is 41.6 Å². The first kappa shape index (κ1) is 16.9. The molecular weight excluding hydrogens is 302 g/mol. The van der Waals surface area contributed by atoms with Gasteiger partial charge in [0.2, 0.25) is 5.91 Å². The Labute approximate surface area is 133 Å². The molecule has 0 saturated carbocycles. The zero-order valence-corrected chi connectivity index (χ0v) is 12.8. The number of anilines is 1. The van der Waals surface area contributed by atoms with Gasteiger partial charge in [-0.25, -0.2) is 8.78 Å². The van der Waals surface area contributed by atoms with Gasteiger partial charge in [-0.3, -0.25) is 9.69 Å². The number of carbonyl (C=O) groups is 1. The van der Waals surface area contributed by atoms with Gasteiger partial charge in [0.25, 0.3) is 0 Å². The minimum absolute atomic E-state index is 0.0367. The number of ether oxygens (including phenoxy) is 1. The van der Waals surface area contributed by atoms with Crippen LogP contribution in [0.3, 0.4) is 0 Å². The maximum absolute atomic E-state index is 13.5. The zero-order chi connectivity index (χ0) is 16.7. The first-order chi connectivity index (χ1) is 11.0. The van der Waals surface area contributed by atoms with Crippen molar-refractivity contribution >= 4 is 11.6 Å². The highest BCUT2D eigenvalue weighted by Gasteiger charge is 2.10. The van der Waals surface area contributed by atoms with Gasteiger partial charge in [-0.05, 0) is 31.3 Å². The number of amides is 1. The number of likely N-dealkylation sites (N-methyl/N-ethyl adjacent to an activating group) is 1. The third-order valence-corrected chi connectivity index (χ3v) is 3.10. The van der Waals surface area contributed by atoms with E-state index in [0.29, 0.717) is 13.2 Å². The summed E-state index contributed by atoms with van der Waals surface area (Å²) in [6.45, 7) is 1.04. The average Bonchev–Trinajstić information content (AvgIpc) is 2.51. The lowest BCUT2D eigenvalue weighted by Crippen LogP contribution is -2.33. The van der Waals surface area contributed by atoms with Gasteiger partial charge >= 0.3 is 0 Å². The zero-order valence-electron chi connectivity index (χ0n) is 12.8. The van der Waals surface area contributed by atoms with Crippen molar-refractivity contribution in [2.45, 2.75) is 0 Å². The lowest BCUT2D eigenvalue weighted by molar-refractivity contribution is -0.117. The van der Waals surface area contributed by atoms with Crippen molar-refractivity contribution < 1.29 is 18.3 Å². The quantitative estimate of drug-likeness (QED) is 0.853. The van der Waals surface area contributed by atoms with Crippen LogP contribution in [0, 0.1) is 11.6 Å².